The summed E-state index contributed by atoms with van der Waals surface area (Å²) in [5, 5.41) is 20.5. The van der Waals surface area contributed by atoms with E-state index in [2.05, 4.69) is 19.1 Å². The molecule has 136 valence electrons. The lowest BCUT2D eigenvalue weighted by atomic mass is 9.89. The third kappa shape index (κ3) is 5.75. The predicted octanol–water partition coefficient (Wildman–Crippen LogP) is 3.52. The maximum atomic E-state index is 11.9. The minimum absolute atomic E-state index is 0.0623. The highest BCUT2D eigenvalue weighted by Gasteiger charge is 2.42. The van der Waals surface area contributed by atoms with Gasteiger partial charge in [0.2, 0.25) is 0 Å². The third-order valence-electron chi connectivity index (χ3n) is 5.16. The van der Waals surface area contributed by atoms with Crippen LogP contribution in [0.3, 0.4) is 0 Å². The molecule has 0 saturated heterocycles. The summed E-state index contributed by atoms with van der Waals surface area (Å²) in [6.07, 6.45) is 14.3. The Hall–Kier alpha value is -1.13. The normalized spacial score (nSPS) is 33.9. The molecular formula is C20H32O4. The first kappa shape index (κ1) is 19.2. The molecule has 0 aromatic heterocycles. The van der Waals surface area contributed by atoms with Gasteiger partial charge in [0.05, 0.1) is 12.2 Å². The summed E-state index contributed by atoms with van der Waals surface area (Å²) in [5.41, 5.74) is 0. The first-order chi connectivity index (χ1) is 11.6. The molecule has 2 aliphatic rings. The van der Waals surface area contributed by atoms with Gasteiger partial charge in [-0.05, 0) is 25.7 Å². The van der Waals surface area contributed by atoms with E-state index < -0.39 is 12.2 Å². The van der Waals surface area contributed by atoms with Crippen LogP contribution in [0.15, 0.2) is 24.3 Å². The Balaban J connectivity index is 1.99. The third-order valence-corrected chi connectivity index (χ3v) is 5.16. The maximum absolute atomic E-state index is 11.9. The highest BCUT2D eigenvalue weighted by Crippen LogP contribution is 2.38. The van der Waals surface area contributed by atoms with E-state index in [1.54, 1.807) is 0 Å². The largest absolute Gasteiger partial charge is 0.462 e. The van der Waals surface area contributed by atoms with Crippen molar-refractivity contribution in [3.63, 3.8) is 0 Å². The molecule has 1 saturated carbocycles. The van der Waals surface area contributed by atoms with Crippen LogP contribution in [0.4, 0.5) is 0 Å². The zero-order valence-electron chi connectivity index (χ0n) is 14.8. The Labute approximate surface area is 145 Å². The van der Waals surface area contributed by atoms with Crippen LogP contribution in [0, 0.1) is 11.8 Å². The first-order valence-corrected chi connectivity index (χ1v) is 9.50. The number of carbonyl (C=O) groups excluding carboxylic acids is 1. The fourth-order valence-corrected chi connectivity index (χ4v) is 3.74. The number of allylic oxidation sites excluding steroid dienone is 2. The topological polar surface area (TPSA) is 66.8 Å². The van der Waals surface area contributed by atoms with Gasteiger partial charge in [-0.25, -0.2) is 0 Å². The lowest BCUT2D eigenvalue weighted by molar-refractivity contribution is -0.151. The van der Waals surface area contributed by atoms with E-state index >= 15 is 0 Å². The second kappa shape index (κ2) is 10.00. The second-order valence-corrected chi connectivity index (χ2v) is 7.12. The monoisotopic (exact) mass is 336 g/mol. The lowest BCUT2D eigenvalue weighted by Gasteiger charge is -2.23. The van der Waals surface area contributed by atoms with Gasteiger partial charge in [-0.2, -0.15) is 0 Å². The quantitative estimate of drug-likeness (QED) is 0.442. The van der Waals surface area contributed by atoms with E-state index in [9.17, 15) is 15.0 Å². The van der Waals surface area contributed by atoms with Gasteiger partial charge in [0.15, 0.2) is 0 Å². The average molecular weight is 336 g/mol. The molecule has 0 aromatic carbocycles. The van der Waals surface area contributed by atoms with Crippen molar-refractivity contribution in [2.24, 2.45) is 11.8 Å². The van der Waals surface area contributed by atoms with Crippen molar-refractivity contribution >= 4 is 5.97 Å². The molecule has 0 unspecified atom stereocenters. The van der Waals surface area contributed by atoms with Crippen molar-refractivity contribution in [1.82, 2.24) is 0 Å². The number of hydrogen-bond donors (Lipinski definition) is 2. The van der Waals surface area contributed by atoms with Gasteiger partial charge in [-0.1, -0.05) is 50.5 Å². The molecule has 2 rings (SSSR count). The Bertz CT molecular complexity index is 443. The van der Waals surface area contributed by atoms with Crippen molar-refractivity contribution in [3.05, 3.63) is 24.3 Å². The summed E-state index contributed by atoms with van der Waals surface area (Å²) in [6.45, 7) is 2.14. The van der Waals surface area contributed by atoms with Crippen LogP contribution in [0.1, 0.15) is 64.7 Å². The highest BCUT2D eigenvalue weighted by atomic mass is 16.5. The second-order valence-electron chi connectivity index (χ2n) is 7.12. The number of fused-ring (bicyclic) bond motifs is 1. The molecule has 5 atom stereocenters. The molecule has 1 fully saturated rings. The molecule has 0 spiro atoms. The number of ether oxygens (including phenoxy) is 1. The highest BCUT2D eigenvalue weighted by molar-refractivity contribution is 5.69. The lowest BCUT2D eigenvalue weighted by Crippen LogP contribution is -2.25. The zero-order valence-corrected chi connectivity index (χ0v) is 14.8. The number of carbonyl (C=O) groups is 1. The van der Waals surface area contributed by atoms with E-state index in [0.717, 1.165) is 44.9 Å². The molecular weight excluding hydrogens is 304 g/mol. The number of aliphatic hydroxyl groups is 2. The molecule has 4 nitrogen and oxygen atoms in total. The van der Waals surface area contributed by atoms with Crippen LogP contribution < -0.4 is 0 Å². The van der Waals surface area contributed by atoms with Gasteiger partial charge in [-0.3, -0.25) is 4.79 Å². The number of rotatable bonds is 6. The first-order valence-electron chi connectivity index (χ1n) is 9.50. The molecule has 0 aromatic rings. The summed E-state index contributed by atoms with van der Waals surface area (Å²) >= 11 is 0. The number of esters is 1. The Morgan fingerprint density at radius 1 is 1.38 bits per heavy atom. The minimum atomic E-state index is -0.513. The van der Waals surface area contributed by atoms with Gasteiger partial charge in [0, 0.05) is 24.7 Å². The van der Waals surface area contributed by atoms with E-state index in [4.69, 9.17) is 4.74 Å². The van der Waals surface area contributed by atoms with E-state index in [0.29, 0.717) is 12.8 Å². The van der Waals surface area contributed by atoms with Crippen molar-refractivity contribution < 1.29 is 19.7 Å². The van der Waals surface area contributed by atoms with Gasteiger partial charge in [0.1, 0.15) is 6.10 Å². The molecule has 0 radical (unpaired) electrons. The standard InChI is InChI=1S/C20H32O4/c1-2-3-6-9-15(21)12-13-16-17-10-7-4-5-8-11-20(23)24-19(17)14-18(16)22/h4,7,12-13,15-19,21-22H,2-3,5-6,8-11,14H2,1H3/b7-4-,13-12+/t15-,16-,17-,18+,19-/m1/s1. The average Bonchev–Trinajstić information content (AvgIpc) is 2.84. The van der Waals surface area contributed by atoms with Crippen LogP contribution >= 0.6 is 0 Å². The van der Waals surface area contributed by atoms with Crippen LogP contribution in [0.2, 0.25) is 0 Å². The van der Waals surface area contributed by atoms with Crippen LogP contribution in [-0.4, -0.2) is 34.5 Å². The summed E-state index contributed by atoms with van der Waals surface area (Å²) in [6, 6.07) is 0. The molecule has 0 amide bonds. The SMILES string of the molecule is CCCCC[C@@H](O)/C=C/[C@@H]1[C@H]2C/C=C\CCCC(=O)O[C@@H]2C[C@@H]1O. The Morgan fingerprint density at radius 2 is 2.21 bits per heavy atom. The molecule has 1 aliphatic heterocycles. The predicted molar refractivity (Wildman–Crippen MR) is 94.4 cm³/mol. The number of hydrogen-bond acceptors (Lipinski definition) is 4. The van der Waals surface area contributed by atoms with Gasteiger partial charge in [-0.15, -0.1) is 0 Å². The van der Waals surface area contributed by atoms with Crippen LogP contribution in [-0.2, 0) is 9.53 Å². The molecule has 1 heterocycles. The van der Waals surface area contributed by atoms with Gasteiger partial charge < -0.3 is 14.9 Å². The van der Waals surface area contributed by atoms with Crippen LogP contribution in [0.5, 0.6) is 0 Å². The van der Waals surface area contributed by atoms with Crippen molar-refractivity contribution in [3.8, 4) is 0 Å². The van der Waals surface area contributed by atoms with E-state index in [1.165, 1.54) is 0 Å². The molecule has 1 aliphatic carbocycles. The number of unbranched alkanes of at least 4 members (excludes halogenated alkanes) is 2. The fourth-order valence-electron chi connectivity index (χ4n) is 3.74. The van der Waals surface area contributed by atoms with Gasteiger partial charge >= 0.3 is 5.97 Å². The molecule has 24 heavy (non-hydrogen) atoms. The summed E-state index contributed by atoms with van der Waals surface area (Å²) < 4.78 is 5.61. The molecule has 0 bridgehead atoms. The van der Waals surface area contributed by atoms with Crippen molar-refractivity contribution in [2.45, 2.75) is 83.0 Å². The molecule has 4 heteroatoms. The smallest absolute Gasteiger partial charge is 0.306 e. The Morgan fingerprint density at radius 3 is 3.00 bits per heavy atom. The molecule has 2 N–H and O–H groups in total. The summed E-state index contributed by atoms with van der Waals surface area (Å²) in [5.74, 6) is -0.123. The zero-order chi connectivity index (χ0) is 17.4. The van der Waals surface area contributed by atoms with Gasteiger partial charge in [0.25, 0.3) is 0 Å². The number of aliphatic hydroxyl groups excluding tert-OH is 2. The van der Waals surface area contributed by atoms with E-state index in [1.807, 2.05) is 12.2 Å². The summed E-state index contributed by atoms with van der Waals surface area (Å²) in [7, 11) is 0. The fraction of sp³-hybridized carbons (Fsp3) is 0.750. The van der Waals surface area contributed by atoms with E-state index in [-0.39, 0.29) is 23.9 Å². The van der Waals surface area contributed by atoms with Crippen molar-refractivity contribution in [2.75, 3.05) is 0 Å². The Kier molecular flexibility index (Phi) is 8.00. The van der Waals surface area contributed by atoms with Crippen molar-refractivity contribution in [1.29, 1.82) is 0 Å². The summed E-state index contributed by atoms with van der Waals surface area (Å²) in [4.78, 5) is 11.9. The van der Waals surface area contributed by atoms with Crippen LogP contribution in [0.25, 0.3) is 0 Å². The maximum Gasteiger partial charge on any atom is 0.306 e. The minimum Gasteiger partial charge on any atom is -0.462 e.